The lowest BCUT2D eigenvalue weighted by Crippen LogP contribution is -2.30. The molecule has 0 aromatic heterocycles. The molecule has 0 heterocycles. The highest BCUT2D eigenvalue weighted by Gasteiger charge is 2.23. The van der Waals surface area contributed by atoms with Gasteiger partial charge >= 0.3 is 0 Å². The first-order valence-corrected chi connectivity index (χ1v) is 6.68. The van der Waals surface area contributed by atoms with Crippen molar-refractivity contribution in [2.24, 2.45) is 11.7 Å². The molecular formula is C13H29N3. The summed E-state index contributed by atoms with van der Waals surface area (Å²) in [5, 5.41) is 0. The summed E-state index contributed by atoms with van der Waals surface area (Å²) in [5.74, 6) is 0.788. The summed E-state index contributed by atoms with van der Waals surface area (Å²) in [7, 11) is 6.51. The average Bonchev–Trinajstić information content (AvgIpc) is 2.60. The second kappa shape index (κ2) is 7.25. The number of hydrogen-bond acceptors (Lipinski definition) is 3. The molecule has 1 aliphatic carbocycles. The molecule has 0 aromatic rings. The van der Waals surface area contributed by atoms with Gasteiger partial charge in [-0.3, -0.25) is 0 Å². The summed E-state index contributed by atoms with van der Waals surface area (Å²) in [4.78, 5) is 4.70. The summed E-state index contributed by atoms with van der Waals surface area (Å²) in [6, 6.07) is 0.482. The molecule has 0 saturated heterocycles. The molecule has 0 aliphatic heterocycles. The van der Waals surface area contributed by atoms with Gasteiger partial charge in [-0.15, -0.1) is 0 Å². The third-order valence-electron chi connectivity index (χ3n) is 3.74. The Balaban J connectivity index is 2.03. The standard InChI is InChI=1S/C13H29N3/c1-15(2)9-5-10-16(3)11-8-12-6-4-7-13(12)14/h12-13H,4-11,14H2,1-3H3. The van der Waals surface area contributed by atoms with Crippen LogP contribution >= 0.6 is 0 Å². The van der Waals surface area contributed by atoms with Crippen molar-refractivity contribution in [2.75, 3.05) is 40.8 Å². The second-order valence-corrected chi connectivity index (χ2v) is 5.60. The quantitative estimate of drug-likeness (QED) is 0.713. The van der Waals surface area contributed by atoms with Crippen molar-refractivity contribution in [1.29, 1.82) is 0 Å². The Morgan fingerprint density at radius 1 is 1.06 bits per heavy atom. The highest BCUT2D eigenvalue weighted by molar-refractivity contribution is 4.80. The molecule has 0 amide bonds. The van der Waals surface area contributed by atoms with E-state index in [0.29, 0.717) is 6.04 Å². The molecule has 0 aromatic carbocycles. The van der Waals surface area contributed by atoms with E-state index in [1.165, 1.54) is 51.7 Å². The number of nitrogens with two attached hydrogens (primary N) is 1. The summed E-state index contributed by atoms with van der Waals surface area (Å²) >= 11 is 0. The van der Waals surface area contributed by atoms with Crippen LogP contribution in [0.1, 0.15) is 32.1 Å². The minimum absolute atomic E-state index is 0.482. The van der Waals surface area contributed by atoms with Gasteiger partial charge in [0.25, 0.3) is 0 Å². The van der Waals surface area contributed by atoms with E-state index in [2.05, 4.69) is 30.9 Å². The van der Waals surface area contributed by atoms with E-state index in [1.54, 1.807) is 0 Å². The van der Waals surface area contributed by atoms with Crippen LogP contribution in [0.25, 0.3) is 0 Å². The third kappa shape index (κ3) is 5.28. The van der Waals surface area contributed by atoms with Crippen molar-refractivity contribution >= 4 is 0 Å². The first-order valence-electron chi connectivity index (χ1n) is 6.68. The SMILES string of the molecule is CN(C)CCCN(C)CCC1CCCC1N. The molecule has 1 fully saturated rings. The largest absolute Gasteiger partial charge is 0.327 e. The summed E-state index contributed by atoms with van der Waals surface area (Å²) in [5.41, 5.74) is 6.08. The van der Waals surface area contributed by atoms with Gasteiger partial charge < -0.3 is 15.5 Å². The third-order valence-corrected chi connectivity index (χ3v) is 3.74. The van der Waals surface area contributed by atoms with Crippen molar-refractivity contribution in [3.05, 3.63) is 0 Å². The molecule has 3 nitrogen and oxygen atoms in total. The topological polar surface area (TPSA) is 32.5 Å². The van der Waals surface area contributed by atoms with E-state index < -0.39 is 0 Å². The van der Waals surface area contributed by atoms with Gasteiger partial charge in [-0.2, -0.15) is 0 Å². The zero-order valence-corrected chi connectivity index (χ0v) is 11.3. The van der Waals surface area contributed by atoms with Crippen LogP contribution in [0.15, 0.2) is 0 Å². The van der Waals surface area contributed by atoms with Crippen LogP contribution in [-0.4, -0.2) is 56.6 Å². The molecule has 1 rings (SSSR count). The first-order chi connectivity index (χ1) is 7.59. The van der Waals surface area contributed by atoms with Gasteiger partial charge in [0.15, 0.2) is 0 Å². The lowest BCUT2D eigenvalue weighted by Gasteiger charge is -2.21. The van der Waals surface area contributed by atoms with E-state index in [4.69, 9.17) is 5.73 Å². The fraction of sp³-hybridized carbons (Fsp3) is 1.00. The van der Waals surface area contributed by atoms with Crippen LogP contribution < -0.4 is 5.73 Å². The Bertz CT molecular complexity index is 182. The molecule has 2 N–H and O–H groups in total. The predicted molar refractivity (Wildman–Crippen MR) is 70.6 cm³/mol. The van der Waals surface area contributed by atoms with Gasteiger partial charge in [0.2, 0.25) is 0 Å². The lowest BCUT2D eigenvalue weighted by atomic mass is 10.0. The average molecular weight is 227 g/mol. The Labute approximate surface area is 101 Å². The molecule has 1 aliphatic rings. The first kappa shape index (κ1) is 13.9. The summed E-state index contributed by atoms with van der Waals surface area (Å²) in [6.45, 7) is 3.61. The van der Waals surface area contributed by atoms with Crippen molar-refractivity contribution in [2.45, 2.75) is 38.1 Å². The molecule has 16 heavy (non-hydrogen) atoms. The molecular weight excluding hydrogens is 198 g/mol. The molecule has 2 unspecified atom stereocenters. The smallest absolute Gasteiger partial charge is 0.00676 e. The highest BCUT2D eigenvalue weighted by Crippen LogP contribution is 2.26. The van der Waals surface area contributed by atoms with Crippen molar-refractivity contribution in [1.82, 2.24) is 9.80 Å². The Morgan fingerprint density at radius 3 is 2.38 bits per heavy atom. The summed E-state index contributed by atoms with van der Waals surface area (Å²) in [6.07, 6.45) is 6.50. The van der Waals surface area contributed by atoms with Crippen LogP contribution in [-0.2, 0) is 0 Å². The molecule has 2 atom stereocenters. The van der Waals surface area contributed by atoms with E-state index in [0.717, 1.165) is 5.92 Å². The molecule has 96 valence electrons. The number of rotatable bonds is 7. The van der Waals surface area contributed by atoms with Gasteiger partial charge in [0, 0.05) is 6.04 Å². The van der Waals surface area contributed by atoms with E-state index in [9.17, 15) is 0 Å². The number of hydrogen-bond donors (Lipinski definition) is 1. The van der Waals surface area contributed by atoms with E-state index in [-0.39, 0.29) is 0 Å². The van der Waals surface area contributed by atoms with Gasteiger partial charge in [0.05, 0.1) is 0 Å². The van der Waals surface area contributed by atoms with Crippen LogP contribution in [0.5, 0.6) is 0 Å². The fourth-order valence-electron chi connectivity index (χ4n) is 2.58. The van der Waals surface area contributed by atoms with E-state index in [1.807, 2.05) is 0 Å². The highest BCUT2D eigenvalue weighted by atomic mass is 15.1. The van der Waals surface area contributed by atoms with Crippen molar-refractivity contribution in [3.8, 4) is 0 Å². The Kier molecular flexibility index (Phi) is 6.32. The minimum atomic E-state index is 0.482. The van der Waals surface area contributed by atoms with Gasteiger partial charge in [0.1, 0.15) is 0 Å². The zero-order valence-electron chi connectivity index (χ0n) is 11.3. The fourth-order valence-corrected chi connectivity index (χ4v) is 2.58. The van der Waals surface area contributed by atoms with Crippen LogP contribution in [0.2, 0.25) is 0 Å². The predicted octanol–water partition coefficient (Wildman–Crippen LogP) is 1.39. The Hall–Kier alpha value is -0.120. The normalized spacial score (nSPS) is 25.9. The number of nitrogens with zero attached hydrogens (tertiary/aromatic N) is 2. The maximum absolute atomic E-state index is 6.08. The lowest BCUT2D eigenvalue weighted by molar-refractivity contribution is 0.273. The monoisotopic (exact) mass is 227 g/mol. The molecule has 0 radical (unpaired) electrons. The van der Waals surface area contributed by atoms with Crippen molar-refractivity contribution in [3.63, 3.8) is 0 Å². The van der Waals surface area contributed by atoms with Crippen molar-refractivity contribution < 1.29 is 0 Å². The Morgan fingerprint density at radius 2 is 1.81 bits per heavy atom. The summed E-state index contributed by atoms with van der Waals surface area (Å²) < 4.78 is 0. The molecule has 1 saturated carbocycles. The van der Waals surface area contributed by atoms with Gasteiger partial charge in [-0.1, -0.05) is 6.42 Å². The molecule has 0 bridgehead atoms. The van der Waals surface area contributed by atoms with Crippen LogP contribution in [0, 0.1) is 5.92 Å². The van der Waals surface area contributed by atoms with Crippen LogP contribution in [0.3, 0.4) is 0 Å². The van der Waals surface area contributed by atoms with Gasteiger partial charge in [-0.05, 0) is 72.4 Å². The maximum atomic E-state index is 6.08. The second-order valence-electron chi connectivity index (χ2n) is 5.60. The van der Waals surface area contributed by atoms with Crippen LogP contribution in [0.4, 0.5) is 0 Å². The zero-order chi connectivity index (χ0) is 12.0. The maximum Gasteiger partial charge on any atom is 0.00676 e. The minimum Gasteiger partial charge on any atom is -0.327 e. The van der Waals surface area contributed by atoms with Gasteiger partial charge in [-0.25, -0.2) is 0 Å². The van der Waals surface area contributed by atoms with E-state index >= 15 is 0 Å². The molecule has 3 heteroatoms. The molecule has 0 spiro atoms.